The van der Waals surface area contributed by atoms with Gasteiger partial charge in [-0.15, -0.1) is 0 Å². The molecule has 4 atom stereocenters. The van der Waals surface area contributed by atoms with Crippen LogP contribution in [-0.2, 0) is 19.1 Å². The molecule has 0 aliphatic heterocycles. The molecule has 31 heavy (non-hydrogen) atoms. The number of rotatable bonds is 8. The third-order valence-corrected chi connectivity index (χ3v) is 6.82. The molecule has 0 spiro atoms. The number of carbonyl (C=O) groups excluding carboxylic acids is 2. The Morgan fingerprint density at radius 2 is 2.03 bits per heavy atom. The third-order valence-electron chi connectivity index (χ3n) is 6.82. The summed E-state index contributed by atoms with van der Waals surface area (Å²) in [7, 11) is 0. The Balaban J connectivity index is 2.34. The number of hydrogen-bond acceptors (Lipinski definition) is 4. The normalized spacial score (nSPS) is 28.9. The monoisotopic (exact) mass is 428 g/mol. The van der Waals surface area contributed by atoms with E-state index >= 15 is 0 Å². The van der Waals surface area contributed by atoms with Gasteiger partial charge in [0.05, 0.1) is 5.92 Å². The van der Waals surface area contributed by atoms with E-state index in [2.05, 4.69) is 20.4 Å². The Labute approximate surface area is 185 Å². The van der Waals surface area contributed by atoms with Crippen molar-refractivity contribution in [1.29, 1.82) is 0 Å². The van der Waals surface area contributed by atoms with Gasteiger partial charge >= 0.3 is 11.9 Å². The second kappa shape index (κ2) is 10.3. The van der Waals surface area contributed by atoms with E-state index in [4.69, 9.17) is 4.74 Å². The zero-order valence-corrected chi connectivity index (χ0v) is 19.5. The molecular weight excluding hydrogens is 392 g/mol. The first-order valence-corrected chi connectivity index (χ1v) is 11.3. The number of aliphatic carboxylic acids is 1. The maximum absolute atomic E-state index is 12.8. The first kappa shape index (κ1) is 24.8. The second-order valence-corrected chi connectivity index (χ2v) is 9.26. The first-order valence-electron chi connectivity index (χ1n) is 11.3. The number of carboxylic acid groups (broad SMARTS) is 1. The van der Waals surface area contributed by atoms with Gasteiger partial charge in [0, 0.05) is 16.6 Å². The van der Waals surface area contributed by atoms with Gasteiger partial charge in [-0.3, -0.25) is 9.59 Å². The molecule has 1 saturated carbocycles. The molecule has 1 fully saturated rings. The molecule has 5 nitrogen and oxygen atoms in total. The molecule has 0 heterocycles. The molecule has 0 aromatic carbocycles. The number of ether oxygens (including phenoxy) is 1. The van der Waals surface area contributed by atoms with E-state index in [1.165, 1.54) is 6.08 Å². The topological polar surface area (TPSA) is 80.7 Å². The van der Waals surface area contributed by atoms with Crippen molar-refractivity contribution in [2.45, 2.75) is 79.2 Å². The van der Waals surface area contributed by atoms with E-state index in [1.807, 2.05) is 19.9 Å². The lowest BCUT2D eigenvalue weighted by atomic mass is 9.57. The Morgan fingerprint density at radius 3 is 2.61 bits per heavy atom. The molecular formula is C26H36O5. The van der Waals surface area contributed by atoms with Crippen LogP contribution in [0.2, 0.25) is 0 Å². The molecule has 0 aromatic rings. The fourth-order valence-corrected chi connectivity index (χ4v) is 4.83. The smallest absolute Gasteiger partial charge is 0.333 e. The van der Waals surface area contributed by atoms with Gasteiger partial charge in [-0.1, -0.05) is 52.3 Å². The maximum atomic E-state index is 12.8. The highest BCUT2D eigenvalue weighted by atomic mass is 16.5. The molecule has 2 aliphatic rings. The molecule has 0 amide bonds. The molecule has 0 aromatic heterocycles. The lowest BCUT2D eigenvalue weighted by Crippen LogP contribution is -2.47. The van der Waals surface area contributed by atoms with E-state index in [0.29, 0.717) is 36.0 Å². The summed E-state index contributed by atoms with van der Waals surface area (Å²) in [6, 6.07) is 0. The molecule has 2 aliphatic carbocycles. The predicted octanol–water partition coefficient (Wildman–Crippen LogP) is 5.57. The summed E-state index contributed by atoms with van der Waals surface area (Å²) in [6.45, 7) is 13.4. The average molecular weight is 429 g/mol. The van der Waals surface area contributed by atoms with Crippen molar-refractivity contribution in [1.82, 2.24) is 0 Å². The van der Waals surface area contributed by atoms with E-state index in [1.54, 1.807) is 13.0 Å². The lowest BCUT2D eigenvalue weighted by Gasteiger charge is -2.47. The number of fused-ring (bicyclic) bond motifs is 1. The summed E-state index contributed by atoms with van der Waals surface area (Å²) in [5.41, 5.74) is 1.73. The first-order chi connectivity index (χ1) is 14.5. The Hall–Kier alpha value is -2.43. The number of ketones is 1. The molecule has 1 N–H and O–H groups in total. The van der Waals surface area contributed by atoms with E-state index in [-0.39, 0.29) is 11.7 Å². The number of esters is 1. The van der Waals surface area contributed by atoms with Crippen molar-refractivity contribution >= 4 is 17.7 Å². The highest BCUT2D eigenvalue weighted by Crippen LogP contribution is 2.52. The predicted molar refractivity (Wildman–Crippen MR) is 121 cm³/mol. The molecule has 170 valence electrons. The number of carbonyl (C=O) groups is 3. The van der Waals surface area contributed by atoms with Gasteiger partial charge in [-0.2, -0.15) is 0 Å². The minimum Gasteiger partial charge on any atom is -0.481 e. The van der Waals surface area contributed by atoms with Crippen LogP contribution in [-0.4, -0.2) is 28.9 Å². The molecule has 0 saturated heterocycles. The highest BCUT2D eigenvalue weighted by Gasteiger charge is 2.52. The Bertz CT molecular complexity index is 844. The van der Waals surface area contributed by atoms with Gasteiger partial charge in [0.25, 0.3) is 0 Å². The van der Waals surface area contributed by atoms with Crippen molar-refractivity contribution in [2.75, 3.05) is 0 Å². The van der Waals surface area contributed by atoms with Crippen LogP contribution in [0.15, 0.2) is 47.1 Å². The van der Waals surface area contributed by atoms with Crippen LogP contribution in [0.1, 0.15) is 73.1 Å². The standard InChI is InChI=1S/C26H36O5/c1-7-9-10-16(3)13-18(5)25(30)31-23-12-11-20(24(28)29)26(6)15-19(17(4)8-2)22(27)14-21(23)26/h8,13-14,16,20,23H,2,7,9-12,15H2,1,3-6H3,(H,28,29)/b18-13+,19-17+/t16?,20-,23-,26-/m1/s1. The SMILES string of the molecule is C=C/C(C)=C1\C[C@@]2(C)C(=CC1=O)[C@H](OC(=O)/C(C)=C/C(C)CCCC)CC[C@@H]2C(=O)O. The average Bonchev–Trinajstić information content (AvgIpc) is 2.71. The van der Waals surface area contributed by atoms with Crippen LogP contribution in [0.25, 0.3) is 0 Å². The Morgan fingerprint density at radius 1 is 1.35 bits per heavy atom. The van der Waals surface area contributed by atoms with Crippen LogP contribution in [0.5, 0.6) is 0 Å². The number of unbranched alkanes of at least 4 members (excludes halogenated alkanes) is 1. The second-order valence-electron chi connectivity index (χ2n) is 9.26. The van der Waals surface area contributed by atoms with Crippen molar-refractivity contribution < 1.29 is 24.2 Å². The van der Waals surface area contributed by atoms with Gasteiger partial charge in [-0.25, -0.2) is 4.79 Å². The molecule has 0 bridgehead atoms. The van der Waals surface area contributed by atoms with Gasteiger partial charge in [0.2, 0.25) is 0 Å². The van der Waals surface area contributed by atoms with E-state index in [0.717, 1.165) is 24.8 Å². The summed E-state index contributed by atoms with van der Waals surface area (Å²) in [6.07, 6.45) is 8.81. The van der Waals surface area contributed by atoms with Crippen molar-refractivity contribution in [3.05, 3.63) is 47.1 Å². The van der Waals surface area contributed by atoms with Gasteiger partial charge in [0.1, 0.15) is 6.10 Å². The van der Waals surface area contributed by atoms with Crippen LogP contribution in [0.3, 0.4) is 0 Å². The Kier molecular flexibility index (Phi) is 8.21. The van der Waals surface area contributed by atoms with Crippen LogP contribution in [0.4, 0.5) is 0 Å². The fourth-order valence-electron chi connectivity index (χ4n) is 4.83. The summed E-state index contributed by atoms with van der Waals surface area (Å²) in [5.74, 6) is -1.80. The van der Waals surface area contributed by atoms with Crippen molar-refractivity contribution in [3.63, 3.8) is 0 Å². The zero-order chi connectivity index (χ0) is 23.3. The minimum absolute atomic E-state index is 0.155. The summed E-state index contributed by atoms with van der Waals surface area (Å²) in [4.78, 5) is 37.6. The molecule has 2 rings (SSSR count). The lowest BCUT2D eigenvalue weighted by molar-refractivity contribution is -0.151. The van der Waals surface area contributed by atoms with Gasteiger partial charge in [0.15, 0.2) is 5.78 Å². The molecule has 1 unspecified atom stereocenters. The molecule has 0 radical (unpaired) electrons. The van der Waals surface area contributed by atoms with Crippen LogP contribution in [0, 0.1) is 17.3 Å². The highest BCUT2D eigenvalue weighted by molar-refractivity contribution is 6.07. The largest absolute Gasteiger partial charge is 0.481 e. The van der Waals surface area contributed by atoms with Crippen LogP contribution < -0.4 is 0 Å². The van der Waals surface area contributed by atoms with Gasteiger partial charge < -0.3 is 9.84 Å². The van der Waals surface area contributed by atoms with Crippen molar-refractivity contribution in [2.24, 2.45) is 17.3 Å². The number of carboxylic acids is 1. The summed E-state index contributed by atoms with van der Waals surface area (Å²) < 4.78 is 5.83. The van der Waals surface area contributed by atoms with Crippen molar-refractivity contribution in [3.8, 4) is 0 Å². The van der Waals surface area contributed by atoms with Crippen LogP contribution >= 0.6 is 0 Å². The summed E-state index contributed by atoms with van der Waals surface area (Å²) >= 11 is 0. The number of allylic oxidation sites excluding steroid dienone is 5. The zero-order valence-electron chi connectivity index (χ0n) is 19.5. The minimum atomic E-state index is -0.885. The van der Waals surface area contributed by atoms with E-state index < -0.39 is 29.4 Å². The summed E-state index contributed by atoms with van der Waals surface area (Å²) in [5, 5.41) is 9.85. The van der Waals surface area contributed by atoms with E-state index in [9.17, 15) is 19.5 Å². The number of hydrogen-bond donors (Lipinski definition) is 1. The fraction of sp³-hybridized carbons (Fsp3) is 0.577. The maximum Gasteiger partial charge on any atom is 0.333 e. The molecule has 5 heteroatoms. The third kappa shape index (κ3) is 5.44. The van der Waals surface area contributed by atoms with Gasteiger partial charge in [-0.05, 0) is 62.7 Å². The quantitative estimate of drug-likeness (QED) is 0.403.